The van der Waals surface area contributed by atoms with Crippen LogP contribution in [0.1, 0.15) is 31.3 Å². The van der Waals surface area contributed by atoms with Gasteiger partial charge in [-0.25, -0.2) is 4.98 Å². The van der Waals surface area contributed by atoms with Crippen molar-refractivity contribution in [2.45, 2.75) is 33.1 Å². The summed E-state index contributed by atoms with van der Waals surface area (Å²) in [5, 5.41) is 0. The van der Waals surface area contributed by atoms with Crippen LogP contribution < -0.4 is 4.74 Å². The molecule has 1 rings (SSSR count). The molecule has 0 fully saturated rings. The number of hydrogen-bond donors (Lipinski definition) is 0. The lowest BCUT2D eigenvalue weighted by atomic mass is 10.2. The Morgan fingerprint density at radius 3 is 2.60 bits per heavy atom. The van der Waals surface area contributed by atoms with E-state index in [2.05, 4.69) is 4.98 Å². The van der Waals surface area contributed by atoms with Gasteiger partial charge in [-0.1, -0.05) is 0 Å². The summed E-state index contributed by atoms with van der Waals surface area (Å²) in [6, 6.07) is 3.08. The van der Waals surface area contributed by atoms with Gasteiger partial charge in [-0.3, -0.25) is 4.79 Å². The van der Waals surface area contributed by atoms with Crippen LogP contribution in [0.4, 0.5) is 13.2 Å². The highest BCUT2D eigenvalue weighted by Crippen LogP contribution is 2.22. The second kappa shape index (κ2) is 6.58. The van der Waals surface area contributed by atoms with Crippen molar-refractivity contribution in [3.05, 3.63) is 24.0 Å². The van der Waals surface area contributed by atoms with Crippen LogP contribution in [0, 0.1) is 0 Å². The third kappa shape index (κ3) is 4.71. The van der Waals surface area contributed by atoms with Crippen molar-refractivity contribution in [2.24, 2.45) is 0 Å². The van der Waals surface area contributed by atoms with Crippen LogP contribution in [-0.4, -0.2) is 41.2 Å². The second-order valence-corrected chi connectivity index (χ2v) is 4.45. The molecule has 0 aliphatic carbocycles. The second-order valence-electron chi connectivity index (χ2n) is 4.45. The maximum Gasteiger partial charge on any atom is 0.406 e. The molecule has 1 heterocycles. The van der Waals surface area contributed by atoms with Crippen molar-refractivity contribution in [1.82, 2.24) is 9.88 Å². The lowest BCUT2D eigenvalue weighted by Gasteiger charge is -2.23. The Morgan fingerprint density at radius 1 is 1.45 bits per heavy atom. The molecule has 0 spiro atoms. The van der Waals surface area contributed by atoms with E-state index in [1.165, 1.54) is 19.2 Å². The number of rotatable bonds is 5. The summed E-state index contributed by atoms with van der Waals surface area (Å²) in [6.45, 7) is 3.63. The van der Waals surface area contributed by atoms with E-state index in [0.717, 1.165) is 0 Å². The van der Waals surface area contributed by atoms with Crippen molar-refractivity contribution in [3.63, 3.8) is 0 Å². The first-order chi connectivity index (χ1) is 9.24. The summed E-state index contributed by atoms with van der Waals surface area (Å²) >= 11 is 0. The molecule has 112 valence electrons. The largest absolute Gasteiger partial charge is 0.489 e. The molecule has 1 aromatic rings. The average molecular weight is 290 g/mol. The van der Waals surface area contributed by atoms with E-state index >= 15 is 0 Å². The van der Waals surface area contributed by atoms with E-state index in [1.54, 1.807) is 19.9 Å². The van der Waals surface area contributed by atoms with Gasteiger partial charge in [0, 0.05) is 12.7 Å². The number of aromatic nitrogens is 1. The van der Waals surface area contributed by atoms with Gasteiger partial charge in [0.25, 0.3) is 5.91 Å². The molecule has 4 nitrogen and oxygen atoms in total. The van der Waals surface area contributed by atoms with Crippen LogP contribution in [0.3, 0.4) is 0 Å². The van der Waals surface area contributed by atoms with E-state index in [0.29, 0.717) is 4.90 Å². The summed E-state index contributed by atoms with van der Waals surface area (Å²) in [6.07, 6.45) is -3.30. The van der Waals surface area contributed by atoms with Gasteiger partial charge in [0.15, 0.2) is 11.4 Å². The van der Waals surface area contributed by atoms with Crippen molar-refractivity contribution >= 4 is 5.91 Å². The summed E-state index contributed by atoms with van der Waals surface area (Å²) in [5.74, 6) is -0.603. The lowest BCUT2D eigenvalue weighted by molar-refractivity contribution is -0.140. The molecule has 0 aromatic carbocycles. The van der Waals surface area contributed by atoms with Gasteiger partial charge in [0.05, 0.1) is 6.10 Å². The van der Waals surface area contributed by atoms with E-state index in [9.17, 15) is 18.0 Å². The van der Waals surface area contributed by atoms with E-state index in [-0.39, 0.29) is 24.1 Å². The van der Waals surface area contributed by atoms with E-state index < -0.39 is 18.6 Å². The Balaban J connectivity index is 3.00. The van der Waals surface area contributed by atoms with Crippen LogP contribution in [0.2, 0.25) is 0 Å². The Hall–Kier alpha value is -1.79. The minimum absolute atomic E-state index is 0.0595. The van der Waals surface area contributed by atoms with Gasteiger partial charge in [-0.05, 0) is 32.9 Å². The molecule has 1 amide bonds. The third-order valence-corrected chi connectivity index (χ3v) is 2.38. The number of nitrogens with zero attached hydrogens (tertiary/aromatic N) is 2. The monoisotopic (exact) mass is 290 g/mol. The molecule has 0 saturated carbocycles. The maximum atomic E-state index is 12.4. The predicted octanol–water partition coefficient (Wildman–Crippen LogP) is 2.89. The van der Waals surface area contributed by atoms with Gasteiger partial charge < -0.3 is 9.64 Å². The molecular weight excluding hydrogens is 273 g/mol. The first-order valence-corrected chi connectivity index (χ1v) is 6.22. The van der Waals surface area contributed by atoms with E-state index in [1.807, 2.05) is 0 Å². The number of alkyl halides is 3. The quantitative estimate of drug-likeness (QED) is 0.837. The average Bonchev–Trinajstić information content (AvgIpc) is 2.34. The maximum absolute atomic E-state index is 12.4. The number of ether oxygens (including phenoxy) is 1. The summed E-state index contributed by atoms with van der Waals surface area (Å²) in [4.78, 5) is 16.7. The zero-order valence-corrected chi connectivity index (χ0v) is 11.6. The van der Waals surface area contributed by atoms with Crippen LogP contribution in [-0.2, 0) is 0 Å². The highest BCUT2D eigenvalue weighted by atomic mass is 19.4. The Morgan fingerprint density at radius 2 is 2.10 bits per heavy atom. The zero-order valence-electron chi connectivity index (χ0n) is 11.6. The third-order valence-electron chi connectivity index (χ3n) is 2.38. The topological polar surface area (TPSA) is 42.4 Å². The van der Waals surface area contributed by atoms with Gasteiger partial charge in [0.1, 0.15) is 6.54 Å². The molecule has 20 heavy (non-hydrogen) atoms. The fraction of sp³-hybridized carbons (Fsp3) is 0.538. The standard InChI is InChI=1S/C13H17F3N2O2/c1-4-18(8-13(14,15)16)12(19)11-10(20-9(2)3)6-5-7-17-11/h5-7,9H,4,8H2,1-3H3. The van der Waals surface area contributed by atoms with Gasteiger partial charge in [-0.15, -0.1) is 0 Å². The first kappa shape index (κ1) is 16.3. The summed E-state index contributed by atoms with van der Waals surface area (Å²) < 4.78 is 42.7. The number of hydrogen-bond acceptors (Lipinski definition) is 3. The van der Waals surface area contributed by atoms with Crippen molar-refractivity contribution in [3.8, 4) is 5.75 Å². The SMILES string of the molecule is CCN(CC(F)(F)F)C(=O)c1ncccc1OC(C)C. The Bertz CT molecular complexity index is 461. The Kier molecular flexibility index (Phi) is 5.35. The number of amides is 1. The highest BCUT2D eigenvalue weighted by Gasteiger charge is 2.33. The minimum atomic E-state index is -4.44. The number of pyridine rings is 1. The van der Waals surface area contributed by atoms with Gasteiger partial charge in [0.2, 0.25) is 0 Å². The smallest absolute Gasteiger partial charge is 0.406 e. The fourth-order valence-electron chi connectivity index (χ4n) is 1.59. The van der Waals surface area contributed by atoms with Gasteiger partial charge in [-0.2, -0.15) is 13.2 Å². The summed E-state index contributed by atoms with van der Waals surface area (Å²) in [5.41, 5.74) is -0.104. The molecular formula is C13H17F3N2O2. The molecule has 1 aromatic heterocycles. The molecule has 0 aliphatic heterocycles. The molecule has 0 N–H and O–H groups in total. The molecule has 0 saturated heterocycles. The fourth-order valence-corrected chi connectivity index (χ4v) is 1.59. The van der Waals surface area contributed by atoms with E-state index in [4.69, 9.17) is 4.74 Å². The normalized spacial score (nSPS) is 11.6. The van der Waals surface area contributed by atoms with Gasteiger partial charge >= 0.3 is 6.18 Å². The number of halogens is 3. The Labute approximate surface area is 115 Å². The molecule has 0 unspecified atom stereocenters. The highest BCUT2D eigenvalue weighted by molar-refractivity contribution is 5.94. The molecule has 7 heteroatoms. The predicted molar refractivity (Wildman–Crippen MR) is 67.6 cm³/mol. The van der Waals surface area contributed by atoms with Crippen molar-refractivity contribution < 1.29 is 22.7 Å². The lowest BCUT2D eigenvalue weighted by Crippen LogP contribution is -2.39. The molecule has 0 bridgehead atoms. The number of carbonyl (C=O) groups excluding carboxylic acids is 1. The molecule has 0 radical (unpaired) electrons. The summed E-state index contributed by atoms with van der Waals surface area (Å²) in [7, 11) is 0. The van der Waals surface area contributed by atoms with Crippen LogP contribution in [0.25, 0.3) is 0 Å². The zero-order chi connectivity index (χ0) is 15.3. The van der Waals surface area contributed by atoms with Crippen LogP contribution >= 0.6 is 0 Å². The first-order valence-electron chi connectivity index (χ1n) is 6.22. The minimum Gasteiger partial charge on any atom is -0.489 e. The van der Waals surface area contributed by atoms with Crippen molar-refractivity contribution in [1.29, 1.82) is 0 Å². The number of carbonyl (C=O) groups is 1. The molecule has 0 aliphatic rings. The van der Waals surface area contributed by atoms with Crippen molar-refractivity contribution in [2.75, 3.05) is 13.1 Å². The van der Waals surface area contributed by atoms with Crippen LogP contribution in [0.15, 0.2) is 18.3 Å². The van der Waals surface area contributed by atoms with Crippen LogP contribution in [0.5, 0.6) is 5.75 Å². The molecule has 0 atom stereocenters.